The molecule has 0 atom stereocenters. The van der Waals surface area contributed by atoms with Crippen LogP contribution in [0.25, 0.3) is 11.3 Å². The Morgan fingerprint density at radius 1 is 1.33 bits per heavy atom. The lowest BCUT2D eigenvalue weighted by molar-refractivity contribution is -0.116. The molecule has 0 fully saturated rings. The first-order chi connectivity index (χ1) is 11.7. The van der Waals surface area contributed by atoms with Crippen LogP contribution < -0.4 is 10.1 Å². The number of anilines is 1. The molecule has 1 N–H and O–H groups in total. The predicted octanol–water partition coefficient (Wildman–Crippen LogP) is 4.59. The summed E-state index contributed by atoms with van der Waals surface area (Å²) in [5.41, 5.74) is 2.29. The largest absolute Gasteiger partial charge is 0.496 e. The molecule has 0 unspecified atom stereocenters. The molecule has 7 heteroatoms. The van der Waals surface area contributed by atoms with Gasteiger partial charge < -0.3 is 10.1 Å². The highest BCUT2D eigenvalue weighted by atomic mass is 32.1. The number of thiazole rings is 1. The number of methoxy groups -OCH3 is 1. The second-order valence-electron chi connectivity index (χ2n) is 5.06. The Kier molecular flexibility index (Phi) is 5.22. The topological polar surface area (TPSA) is 51.2 Å². The number of hydrogen-bond acceptors (Lipinski definition) is 5. The van der Waals surface area contributed by atoms with Gasteiger partial charge in [0.1, 0.15) is 11.6 Å². The Morgan fingerprint density at radius 2 is 2.21 bits per heavy atom. The Bertz CT molecular complexity index is 831. The average molecular weight is 362 g/mol. The molecule has 3 rings (SSSR count). The minimum absolute atomic E-state index is 0.0895. The van der Waals surface area contributed by atoms with Gasteiger partial charge in [0.2, 0.25) is 5.91 Å². The minimum Gasteiger partial charge on any atom is -0.496 e. The molecule has 24 heavy (non-hydrogen) atoms. The smallest absolute Gasteiger partial charge is 0.226 e. The Labute approximate surface area is 146 Å². The van der Waals surface area contributed by atoms with Gasteiger partial charge in [-0.15, -0.1) is 11.3 Å². The molecule has 0 spiro atoms. The van der Waals surface area contributed by atoms with Gasteiger partial charge >= 0.3 is 0 Å². The normalized spacial score (nSPS) is 10.6. The number of thiophene rings is 1. The number of hydrogen-bond donors (Lipinski definition) is 1. The first-order valence-electron chi connectivity index (χ1n) is 7.26. The maximum Gasteiger partial charge on any atom is 0.226 e. The van der Waals surface area contributed by atoms with Gasteiger partial charge in [0.25, 0.3) is 0 Å². The molecule has 124 valence electrons. The third-order valence-corrected chi connectivity index (χ3v) is 4.90. The van der Waals surface area contributed by atoms with Gasteiger partial charge in [-0.25, -0.2) is 9.37 Å². The summed E-state index contributed by atoms with van der Waals surface area (Å²) < 4.78 is 18.7. The molecule has 3 aromatic rings. The maximum atomic E-state index is 13.5. The number of carbonyl (C=O) groups excluding carboxylic acids is 1. The van der Waals surface area contributed by atoms with E-state index < -0.39 is 0 Å². The molecule has 0 aliphatic rings. The zero-order valence-corrected chi connectivity index (χ0v) is 14.5. The second-order valence-corrected chi connectivity index (χ2v) is 6.70. The fourth-order valence-electron chi connectivity index (χ4n) is 2.21. The average Bonchev–Trinajstić information content (AvgIpc) is 3.24. The van der Waals surface area contributed by atoms with Crippen LogP contribution in [0.3, 0.4) is 0 Å². The van der Waals surface area contributed by atoms with Crippen LogP contribution in [0.5, 0.6) is 5.75 Å². The number of nitrogens with one attached hydrogen (secondary N) is 1. The van der Waals surface area contributed by atoms with Gasteiger partial charge in [-0.2, -0.15) is 11.3 Å². The number of ether oxygens (including phenoxy) is 1. The molecule has 0 aliphatic heterocycles. The maximum absolute atomic E-state index is 13.5. The molecule has 4 nitrogen and oxygen atoms in total. The summed E-state index contributed by atoms with van der Waals surface area (Å²) in [6.07, 6.45) is 1.10. The summed E-state index contributed by atoms with van der Waals surface area (Å²) in [6.45, 7) is 0. The van der Waals surface area contributed by atoms with Crippen LogP contribution in [0.2, 0.25) is 0 Å². The van der Waals surface area contributed by atoms with Crippen molar-refractivity contribution in [3.8, 4) is 17.0 Å². The molecule has 0 bridgehead atoms. The van der Waals surface area contributed by atoms with Crippen LogP contribution in [0.15, 0.2) is 40.4 Å². The van der Waals surface area contributed by atoms with E-state index in [1.54, 1.807) is 22.8 Å². The quantitative estimate of drug-likeness (QED) is 0.698. The van der Waals surface area contributed by atoms with E-state index in [-0.39, 0.29) is 11.7 Å². The molecule has 0 saturated carbocycles. The first-order valence-corrected chi connectivity index (χ1v) is 9.08. The highest BCUT2D eigenvalue weighted by molar-refractivity contribution is 7.14. The van der Waals surface area contributed by atoms with E-state index >= 15 is 0 Å². The van der Waals surface area contributed by atoms with E-state index in [0.29, 0.717) is 35.0 Å². The summed E-state index contributed by atoms with van der Waals surface area (Å²) in [7, 11) is 1.52. The van der Waals surface area contributed by atoms with Gasteiger partial charge in [0, 0.05) is 17.4 Å². The number of rotatable bonds is 6. The summed E-state index contributed by atoms with van der Waals surface area (Å²) in [4.78, 5) is 16.4. The molecule has 2 heterocycles. The predicted molar refractivity (Wildman–Crippen MR) is 95.3 cm³/mol. The van der Waals surface area contributed by atoms with Gasteiger partial charge in [-0.3, -0.25) is 4.79 Å². The van der Waals surface area contributed by atoms with Crippen LogP contribution >= 0.6 is 22.7 Å². The van der Waals surface area contributed by atoms with Crippen molar-refractivity contribution < 1.29 is 13.9 Å². The van der Waals surface area contributed by atoms with Crippen molar-refractivity contribution >= 4 is 33.7 Å². The number of benzene rings is 1. The van der Waals surface area contributed by atoms with Gasteiger partial charge in [0.15, 0.2) is 5.13 Å². The van der Waals surface area contributed by atoms with E-state index in [1.165, 1.54) is 30.6 Å². The molecular weight excluding hydrogens is 347 g/mol. The number of amides is 1. The van der Waals surface area contributed by atoms with Crippen LogP contribution in [-0.4, -0.2) is 18.0 Å². The highest BCUT2D eigenvalue weighted by Crippen LogP contribution is 2.32. The van der Waals surface area contributed by atoms with E-state index in [4.69, 9.17) is 4.74 Å². The number of halogens is 1. The lowest BCUT2D eigenvalue weighted by atomic mass is 10.1. The van der Waals surface area contributed by atoms with Crippen LogP contribution in [0, 0.1) is 5.82 Å². The highest BCUT2D eigenvalue weighted by Gasteiger charge is 2.13. The van der Waals surface area contributed by atoms with Crippen molar-refractivity contribution in [3.05, 3.63) is 51.8 Å². The van der Waals surface area contributed by atoms with Crippen molar-refractivity contribution in [1.29, 1.82) is 0 Å². The molecule has 0 aliphatic carbocycles. The van der Waals surface area contributed by atoms with Crippen molar-refractivity contribution in [2.45, 2.75) is 12.8 Å². The van der Waals surface area contributed by atoms with E-state index in [9.17, 15) is 9.18 Å². The van der Waals surface area contributed by atoms with Gasteiger partial charge in [0.05, 0.1) is 12.8 Å². The standard InChI is InChI=1S/C17H15FN2O2S2/c1-22-15-4-3-12(18)8-13(15)14-10-24-17(19-14)20-16(21)5-2-11-6-7-23-9-11/h3-4,6-10H,2,5H2,1H3,(H,19,20,21). The van der Waals surface area contributed by atoms with E-state index in [2.05, 4.69) is 10.3 Å². The summed E-state index contributed by atoms with van der Waals surface area (Å²) in [5.74, 6) is 0.0884. The van der Waals surface area contributed by atoms with Crippen molar-refractivity contribution in [2.24, 2.45) is 0 Å². The molecule has 1 amide bonds. The number of aryl methyl sites for hydroxylation is 1. The SMILES string of the molecule is COc1ccc(F)cc1-c1csc(NC(=O)CCc2ccsc2)n1. The van der Waals surface area contributed by atoms with E-state index in [1.807, 2.05) is 16.8 Å². The molecular formula is C17H15FN2O2S2. The lowest BCUT2D eigenvalue weighted by Gasteiger charge is -2.06. The van der Waals surface area contributed by atoms with Crippen molar-refractivity contribution in [2.75, 3.05) is 12.4 Å². The van der Waals surface area contributed by atoms with Crippen LogP contribution in [-0.2, 0) is 11.2 Å². The number of nitrogens with zero attached hydrogens (tertiary/aromatic N) is 1. The molecule has 0 radical (unpaired) electrons. The first kappa shape index (κ1) is 16.6. The zero-order valence-electron chi connectivity index (χ0n) is 12.9. The monoisotopic (exact) mass is 362 g/mol. The Hall–Kier alpha value is -2.25. The second kappa shape index (κ2) is 7.55. The Morgan fingerprint density at radius 3 is 2.96 bits per heavy atom. The fraction of sp³-hybridized carbons (Fsp3) is 0.176. The molecule has 0 saturated heterocycles. The Balaban J connectivity index is 1.67. The number of aromatic nitrogens is 1. The lowest BCUT2D eigenvalue weighted by Crippen LogP contribution is -2.11. The zero-order chi connectivity index (χ0) is 16.9. The van der Waals surface area contributed by atoms with E-state index in [0.717, 1.165) is 5.56 Å². The van der Waals surface area contributed by atoms with Crippen molar-refractivity contribution in [3.63, 3.8) is 0 Å². The van der Waals surface area contributed by atoms with Gasteiger partial charge in [-0.05, 0) is 47.0 Å². The fourth-order valence-corrected chi connectivity index (χ4v) is 3.64. The third kappa shape index (κ3) is 3.98. The minimum atomic E-state index is -0.361. The van der Waals surface area contributed by atoms with Crippen LogP contribution in [0.4, 0.5) is 9.52 Å². The molecule has 2 aromatic heterocycles. The summed E-state index contributed by atoms with van der Waals surface area (Å²) in [6, 6.07) is 6.27. The van der Waals surface area contributed by atoms with Crippen LogP contribution in [0.1, 0.15) is 12.0 Å². The summed E-state index contributed by atoms with van der Waals surface area (Å²) >= 11 is 2.92. The summed E-state index contributed by atoms with van der Waals surface area (Å²) in [5, 5.41) is 9.07. The number of carbonyl (C=O) groups is 1. The molecule has 1 aromatic carbocycles. The van der Waals surface area contributed by atoms with Crippen molar-refractivity contribution in [1.82, 2.24) is 4.98 Å². The third-order valence-electron chi connectivity index (χ3n) is 3.41. The van der Waals surface area contributed by atoms with Gasteiger partial charge in [-0.1, -0.05) is 0 Å².